The van der Waals surface area contributed by atoms with Crippen LogP contribution in [0.2, 0.25) is 0 Å². The van der Waals surface area contributed by atoms with Crippen molar-refractivity contribution in [2.24, 2.45) is 0 Å². The lowest BCUT2D eigenvalue weighted by molar-refractivity contribution is 0.0721. The second-order valence-corrected chi connectivity index (χ2v) is 5.98. The molecule has 2 aromatic rings. The average Bonchev–Trinajstić information content (AvgIpc) is 3.00. The number of nitrogens with zero attached hydrogens (tertiary/aromatic N) is 3. The topological polar surface area (TPSA) is 38.1 Å². The van der Waals surface area contributed by atoms with E-state index in [1.54, 1.807) is 4.68 Å². The van der Waals surface area contributed by atoms with Crippen LogP contribution in [0.5, 0.6) is 0 Å². The van der Waals surface area contributed by atoms with Gasteiger partial charge < -0.3 is 4.90 Å². The molecule has 1 amide bonds. The molecule has 1 saturated heterocycles. The van der Waals surface area contributed by atoms with E-state index in [1.807, 2.05) is 47.7 Å². The first kappa shape index (κ1) is 14.2. The van der Waals surface area contributed by atoms with Gasteiger partial charge in [0.05, 0.1) is 11.3 Å². The van der Waals surface area contributed by atoms with Gasteiger partial charge in [0, 0.05) is 19.3 Å². The normalized spacial score (nSPS) is 15.2. The first-order chi connectivity index (χ1) is 10.3. The Morgan fingerprint density at radius 1 is 1.14 bits per heavy atom. The molecule has 0 bridgehead atoms. The zero-order valence-corrected chi connectivity index (χ0v) is 13.0. The highest BCUT2D eigenvalue weighted by Crippen LogP contribution is 2.23. The van der Waals surface area contributed by atoms with Gasteiger partial charge in [0.15, 0.2) is 0 Å². The van der Waals surface area contributed by atoms with Crippen molar-refractivity contribution in [1.82, 2.24) is 14.7 Å². The molecule has 0 radical (unpaired) electrons. The number of benzene rings is 1. The van der Waals surface area contributed by atoms with Crippen LogP contribution in [-0.4, -0.2) is 39.9 Å². The SMILES string of the molecule is CSc1nn(-c2ccccc2)cc1C(=O)N1CCCCC1. The molecule has 1 aliphatic rings. The molecule has 4 nitrogen and oxygen atoms in total. The molecule has 3 rings (SSSR count). The second-order valence-electron chi connectivity index (χ2n) is 5.19. The van der Waals surface area contributed by atoms with Crippen LogP contribution in [0.25, 0.3) is 5.69 Å². The first-order valence-electron chi connectivity index (χ1n) is 7.28. The third-order valence-corrected chi connectivity index (χ3v) is 4.46. The quantitative estimate of drug-likeness (QED) is 0.817. The van der Waals surface area contributed by atoms with Gasteiger partial charge in [0.1, 0.15) is 5.03 Å². The Hall–Kier alpha value is -1.75. The van der Waals surface area contributed by atoms with Crippen molar-refractivity contribution in [3.05, 3.63) is 42.1 Å². The summed E-state index contributed by atoms with van der Waals surface area (Å²) >= 11 is 1.52. The van der Waals surface area contributed by atoms with E-state index in [0.717, 1.165) is 36.6 Å². The fourth-order valence-electron chi connectivity index (χ4n) is 2.64. The molecular weight excluding hydrogens is 282 g/mol. The summed E-state index contributed by atoms with van der Waals surface area (Å²) in [7, 11) is 0. The molecule has 21 heavy (non-hydrogen) atoms. The van der Waals surface area contributed by atoms with Crippen molar-refractivity contribution in [2.75, 3.05) is 19.3 Å². The lowest BCUT2D eigenvalue weighted by atomic mass is 10.1. The van der Waals surface area contributed by atoms with Crippen LogP contribution in [0.3, 0.4) is 0 Å². The van der Waals surface area contributed by atoms with Crippen molar-refractivity contribution >= 4 is 17.7 Å². The standard InChI is InChI=1S/C16H19N3OS/c1-21-15-14(16(20)18-10-6-3-7-11-18)12-19(17-15)13-8-4-2-5-9-13/h2,4-5,8-9,12H,3,6-7,10-11H2,1H3. The number of aromatic nitrogens is 2. The van der Waals surface area contributed by atoms with Crippen LogP contribution in [0, 0.1) is 0 Å². The predicted octanol–water partition coefficient (Wildman–Crippen LogP) is 3.22. The van der Waals surface area contributed by atoms with Crippen LogP contribution in [-0.2, 0) is 0 Å². The van der Waals surface area contributed by atoms with E-state index in [1.165, 1.54) is 18.2 Å². The number of amides is 1. The highest BCUT2D eigenvalue weighted by atomic mass is 32.2. The minimum atomic E-state index is 0.112. The Morgan fingerprint density at radius 2 is 1.86 bits per heavy atom. The molecule has 110 valence electrons. The Balaban J connectivity index is 1.91. The summed E-state index contributed by atoms with van der Waals surface area (Å²) in [5.41, 5.74) is 1.69. The van der Waals surface area contributed by atoms with E-state index in [4.69, 9.17) is 0 Å². The van der Waals surface area contributed by atoms with Gasteiger partial charge in [-0.25, -0.2) is 4.68 Å². The zero-order chi connectivity index (χ0) is 14.7. The van der Waals surface area contributed by atoms with Gasteiger partial charge in [-0.05, 0) is 37.7 Å². The molecule has 5 heteroatoms. The Kier molecular flexibility index (Phi) is 4.29. The van der Waals surface area contributed by atoms with Crippen LogP contribution >= 0.6 is 11.8 Å². The number of thioether (sulfide) groups is 1. The molecule has 0 atom stereocenters. The van der Waals surface area contributed by atoms with Crippen LogP contribution in [0.4, 0.5) is 0 Å². The highest BCUT2D eigenvalue weighted by molar-refractivity contribution is 7.98. The van der Waals surface area contributed by atoms with Gasteiger partial charge in [-0.3, -0.25) is 4.79 Å². The van der Waals surface area contributed by atoms with E-state index in [-0.39, 0.29) is 5.91 Å². The summed E-state index contributed by atoms with van der Waals surface area (Å²) in [5.74, 6) is 0.112. The highest BCUT2D eigenvalue weighted by Gasteiger charge is 2.23. The number of carbonyl (C=O) groups excluding carboxylic acids is 1. The number of carbonyl (C=O) groups is 1. The van der Waals surface area contributed by atoms with E-state index in [0.29, 0.717) is 5.56 Å². The summed E-state index contributed by atoms with van der Waals surface area (Å²) < 4.78 is 1.79. The first-order valence-corrected chi connectivity index (χ1v) is 8.50. The van der Waals surface area contributed by atoms with E-state index < -0.39 is 0 Å². The molecule has 1 aromatic heterocycles. The van der Waals surface area contributed by atoms with Crippen LogP contribution < -0.4 is 0 Å². The number of hydrogen-bond donors (Lipinski definition) is 0. The van der Waals surface area contributed by atoms with E-state index in [9.17, 15) is 4.79 Å². The van der Waals surface area contributed by atoms with Crippen molar-refractivity contribution in [3.8, 4) is 5.69 Å². The van der Waals surface area contributed by atoms with E-state index >= 15 is 0 Å². The summed E-state index contributed by atoms with van der Waals surface area (Å²) in [5, 5.41) is 5.35. The number of likely N-dealkylation sites (tertiary alicyclic amines) is 1. The summed E-state index contributed by atoms with van der Waals surface area (Å²) in [6, 6.07) is 9.91. The number of rotatable bonds is 3. The van der Waals surface area contributed by atoms with Crippen molar-refractivity contribution in [2.45, 2.75) is 24.3 Å². The summed E-state index contributed by atoms with van der Waals surface area (Å²) in [6.07, 6.45) is 7.26. The zero-order valence-electron chi connectivity index (χ0n) is 12.2. The van der Waals surface area contributed by atoms with Gasteiger partial charge in [-0.1, -0.05) is 18.2 Å². The fraction of sp³-hybridized carbons (Fsp3) is 0.375. The number of piperidine rings is 1. The van der Waals surface area contributed by atoms with E-state index in [2.05, 4.69) is 5.10 Å². The molecule has 2 heterocycles. The molecule has 1 fully saturated rings. The monoisotopic (exact) mass is 301 g/mol. The maximum Gasteiger partial charge on any atom is 0.258 e. The molecule has 0 N–H and O–H groups in total. The molecule has 1 aliphatic heterocycles. The lowest BCUT2D eigenvalue weighted by Crippen LogP contribution is -2.35. The lowest BCUT2D eigenvalue weighted by Gasteiger charge is -2.26. The maximum atomic E-state index is 12.7. The third kappa shape index (κ3) is 2.97. The molecule has 1 aromatic carbocycles. The van der Waals surface area contributed by atoms with Gasteiger partial charge in [0.25, 0.3) is 5.91 Å². The van der Waals surface area contributed by atoms with Gasteiger partial charge in [-0.15, -0.1) is 11.8 Å². The van der Waals surface area contributed by atoms with Gasteiger partial charge >= 0.3 is 0 Å². The molecular formula is C16H19N3OS. The molecule has 0 unspecified atom stereocenters. The Bertz CT molecular complexity index is 618. The smallest absolute Gasteiger partial charge is 0.258 e. The van der Waals surface area contributed by atoms with Crippen LogP contribution in [0.15, 0.2) is 41.6 Å². The van der Waals surface area contributed by atoms with Crippen LogP contribution in [0.1, 0.15) is 29.6 Å². The molecule has 0 spiro atoms. The van der Waals surface area contributed by atoms with Crippen molar-refractivity contribution < 1.29 is 4.79 Å². The van der Waals surface area contributed by atoms with Crippen molar-refractivity contribution in [1.29, 1.82) is 0 Å². The third-order valence-electron chi connectivity index (χ3n) is 3.77. The van der Waals surface area contributed by atoms with Gasteiger partial charge in [0.2, 0.25) is 0 Å². The largest absolute Gasteiger partial charge is 0.339 e. The predicted molar refractivity (Wildman–Crippen MR) is 85.1 cm³/mol. The number of para-hydroxylation sites is 1. The Labute approximate surface area is 129 Å². The average molecular weight is 301 g/mol. The maximum absolute atomic E-state index is 12.7. The Morgan fingerprint density at radius 3 is 2.52 bits per heavy atom. The minimum Gasteiger partial charge on any atom is -0.339 e. The number of hydrogen-bond acceptors (Lipinski definition) is 3. The second kappa shape index (κ2) is 6.35. The minimum absolute atomic E-state index is 0.112. The molecule has 0 saturated carbocycles. The van der Waals surface area contributed by atoms with Gasteiger partial charge in [-0.2, -0.15) is 5.10 Å². The summed E-state index contributed by atoms with van der Waals surface area (Å²) in [4.78, 5) is 14.6. The fourth-order valence-corrected chi connectivity index (χ4v) is 3.17. The molecule has 0 aliphatic carbocycles. The summed E-state index contributed by atoms with van der Waals surface area (Å²) in [6.45, 7) is 1.73. The van der Waals surface area contributed by atoms with Crippen molar-refractivity contribution in [3.63, 3.8) is 0 Å².